The highest BCUT2D eigenvalue weighted by Crippen LogP contribution is 2.36. The van der Waals surface area contributed by atoms with Crippen LogP contribution in [0.2, 0.25) is 0 Å². The van der Waals surface area contributed by atoms with E-state index in [-0.39, 0.29) is 10.8 Å². The molecule has 0 aromatic carbocycles. The third-order valence-corrected chi connectivity index (χ3v) is 6.01. The molecular weight excluding hydrogens is 384 g/mol. The number of anilines is 2. The quantitative estimate of drug-likeness (QED) is 0.462. The van der Waals surface area contributed by atoms with Crippen LogP contribution in [0.4, 0.5) is 11.6 Å². The lowest BCUT2D eigenvalue weighted by Crippen LogP contribution is -2.28. The second-order valence-electron chi connectivity index (χ2n) is 10.3. The van der Waals surface area contributed by atoms with Crippen molar-refractivity contribution in [1.82, 2.24) is 19.5 Å². The van der Waals surface area contributed by atoms with Gasteiger partial charge in [-0.1, -0.05) is 34.6 Å². The van der Waals surface area contributed by atoms with Crippen LogP contribution in [0.15, 0.2) is 36.7 Å². The number of nitrogens with zero attached hydrogens (tertiary/aromatic N) is 4. The van der Waals surface area contributed by atoms with Gasteiger partial charge in [-0.2, -0.15) is 0 Å². The van der Waals surface area contributed by atoms with Crippen molar-refractivity contribution in [2.75, 3.05) is 31.4 Å². The van der Waals surface area contributed by atoms with Crippen molar-refractivity contribution in [3.05, 3.63) is 47.8 Å². The van der Waals surface area contributed by atoms with Gasteiger partial charge >= 0.3 is 0 Å². The number of hydrogen-bond donors (Lipinski definition) is 2. The fourth-order valence-corrected chi connectivity index (χ4v) is 4.32. The number of hydrogen-bond acceptors (Lipinski definition) is 4. The van der Waals surface area contributed by atoms with Gasteiger partial charge in [0.25, 0.3) is 0 Å². The first-order valence-corrected chi connectivity index (χ1v) is 10.9. The van der Waals surface area contributed by atoms with Crippen LogP contribution >= 0.6 is 0 Å². The summed E-state index contributed by atoms with van der Waals surface area (Å²) in [5.41, 5.74) is 4.27. The third-order valence-electron chi connectivity index (χ3n) is 6.01. The van der Waals surface area contributed by atoms with Gasteiger partial charge in [-0.25, -0.2) is 9.97 Å². The molecule has 4 aromatic heterocycles. The van der Waals surface area contributed by atoms with Gasteiger partial charge in [-0.15, -0.1) is 0 Å². The van der Waals surface area contributed by atoms with E-state index in [9.17, 15) is 0 Å². The molecule has 0 aliphatic rings. The first kappa shape index (κ1) is 21.2. The molecule has 0 spiro atoms. The third kappa shape index (κ3) is 3.75. The summed E-state index contributed by atoms with van der Waals surface area (Å²) in [6, 6.07) is 8.80. The van der Waals surface area contributed by atoms with Crippen molar-refractivity contribution >= 4 is 33.7 Å². The highest BCUT2D eigenvalue weighted by atomic mass is 15.2. The summed E-state index contributed by atoms with van der Waals surface area (Å²) in [6.45, 7) is 12.0. The zero-order valence-corrected chi connectivity index (χ0v) is 20.0. The molecule has 0 unspecified atom stereocenters. The first-order chi connectivity index (χ1) is 14.5. The van der Waals surface area contributed by atoms with Crippen LogP contribution in [0.25, 0.3) is 22.1 Å². The van der Waals surface area contributed by atoms with Gasteiger partial charge < -0.3 is 19.8 Å². The van der Waals surface area contributed by atoms with Crippen LogP contribution in [-0.4, -0.2) is 40.7 Å². The lowest BCUT2D eigenvalue weighted by molar-refractivity contribution is 0.441. The maximum atomic E-state index is 5.02. The molecule has 0 amide bonds. The predicted molar refractivity (Wildman–Crippen MR) is 131 cm³/mol. The second-order valence-corrected chi connectivity index (χ2v) is 10.3. The molecule has 4 aromatic rings. The number of nitrogens with one attached hydrogen (secondary N) is 2. The van der Waals surface area contributed by atoms with Crippen molar-refractivity contribution in [2.24, 2.45) is 0 Å². The molecule has 2 N–H and O–H groups in total. The molecule has 0 aliphatic carbocycles. The first-order valence-electron chi connectivity index (χ1n) is 10.9. The van der Waals surface area contributed by atoms with Gasteiger partial charge in [0.15, 0.2) is 0 Å². The Balaban J connectivity index is 1.80. The van der Waals surface area contributed by atoms with Gasteiger partial charge in [0.1, 0.15) is 22.9 Å². The average molecular weight is 419 g/mol. The van der Waals surface area contributed by atoms with E-state index in [0.29, 0.717) is 0 Å². The molecule has 4 heterocycles. The monoisotopic (exact) mass is 418 g/mol. The van der Waals surface area contributed by atoms with E-state index in [1.54, 1.807) is 0 Å². The van der Waals surface area contributed by atoms with E-state index in [1.807, 2.05) is 13.2 Å². The number of rotatable bonds is 5. The standard InChI is InChI=1S/C25H34N6/c1-24(2,3)18-14-17-10-12-31(22(17)29-21(18)26-6)15-25(4,5)19-13-16-9-11-27-20(16)28-23(19)30(7)8/h9-14H,15H2,1-8H3,(H,26,29)(H,27,28). The van der Waals surface area contributed by atoms with E-state index in [4.69, 9.17) is 9.97 Å². The summed E-state index contributed by atoms with van der Waals surface area (Å²) in [5, 5.41) is 5.61. The highest BCUT2D eigenvalue weighted by Gasteiger charge is 2.28. The summed E-state index contributed by atoms with van der Waals surface area (Å²) in [6.07, 6.45) is 4.10. The lowest BCUT2D eigenvalue weighted by Gasteiger charge is -2.30. The van der Waals surface area contributed by atoms with Crippen molar-refractivity contribution in [3.8, 4) is 0 Å². The molecule has 0 saturated heterocycles. The fraction of sp³-hybridized carbons (Fsp3) is 0.440. The molecule has 0 aliphatic heterocycles. The predicted octanol–water partition coefficient (Wildman–Crippen LogP) is 5.30. The molecule has 4 rings (SSSR count). The smallest absolute Gasteiger partial charge is 0.142 e. The molecule has 31 heavy (non-hydrogen) atoms. The van der Waals surface area contributed by atoms with Crippen molar-refractivity contribution in [3.63, 3.8) is 0 Å². The van der Waals surface area contributed by atoms with Gasteiger partial charge in [0.05, 0.1) is 0 Å². The van der Waals surface area contributed by atoms with Crippen LogP contribution in [-0.2, 0) is 17.4 Å². The Morgan fingerprint density at radius 1 is 1.00 bits per heavy atom. The molecule has 0 radical (unpaired) electrons. The number of fused-ring (bicyclic) bond motifs is 2. The maximum absolute atomic E-state index is 5.02. The van der Waals surface area contributed by atoms with Crippen LogP contribution in [0.1, 0.15) is 45.7 Å². The molecule has 164 valence electrons. The van der Waals surface area contributed by atoms with E-state index >= 15 is 0 Å². The van der Waals surface area contributed by atoms with Crippen LogP contribution in [0, 0.1) is 0 Å². The molecule has 6 heteroatoms. The Morgan fingerprint density at radius 3 is 2.35 bits per heavy atom. The van der Waals surface area contributed by atoms with E-state index in [0.717, 1.165) is 34.9 Å². The van der Waals surface area contributed by atoms with Crippen molar-refractivity contribution in [2.45, 2.75) is 52.0 Å². The minimum atomic E-state index is -0.145. The molecule has 0 saturated carbocycles. The summed E-state index contributed by atoms with van der Waals surface area (Å²) >= 11 is 0. The normalized spacial score (nSPS) is 12.6. The summed E-state index contributed by atoms with van der Waals surface area (Å²) < 4.78 is 2.27. The molecule has 0 fully saturated rings. The molecular formula is C25H34N6. The Kier molecular flexibility index (Phi) is 4.99. The van der Waals surface area contributed by atoms with Crippen LogP contribution in [0.5, 0.6) is 0 Å². The SMILES string of the molecule is CNc1nc2c(ccn2CC(C)(C)c2cc3cc[nH]c3nc2N(C)C)cc1C(C)(C)C. The van der Waals surface area contributed by atoms with Gasteiger partial charge in [-0.3, -0.25) is 0 Å². The second kappa shape index (κ2) is 7.29. The minimum absolute atomic E-state index is 0.0269. The van der Waals surface area contributed by atoms with Gasteiger partial charge in [0, 0.05) is 67.4 Å². The van der Waals surface area contributed by atoms with Crippen molar-refractivity contribution in [1.29, 1.82) is 0 Å². The van der Waals surface area contributed by atoms with E-state index in [1.165, 1.54) is 16.5 Å². The topological polar surface area (TPSA) is 61.8 Å². The van der Waals surface area contributed by atoms with Crippen LogP contribution in [0.3, 0.4) is 0 Å². The average Bonchev–Trinajstić information content (AvgIpc) is 3.31. The largest absolute Gasteiger partial charge is 0.373 e. The zero-order valence-electron chi connectivity index (χ0n) is 20.0. The molecule has 0 atom stereocenters. The van der Waals surface area contributed by atoms with E-state index in [2.05, 4.69) is 98.9 Å². The Labute approximate surface area is 184 Å². The Bertz CT molecular complexity index is 1240. The molecule has 6 nitrogen and oxygen atoms in total. The van der Waals surface area contributed by atoms with Gasteiger partial charge in [-0.05, 0) is 29.7 Å². The number of pyridine rings is 2. The highest BCUT2D eigenvalue weighted by molar-refractivity contribution is 5.81. The van der Waals surface area contributed by atoms with E-state index < -0.39 is 0 Å². The van der Waals surface area contributed by atoms with Crippen molar-refractivity contribution < 1.29 is 0 Å². The summed E-state index contributed by atoms with van der Waals surface area (Å²) in [4.78, 5) is 15.2. The Hall–Kier alpha value is -3.02. The number of aromatic nitrogens is 4. The fourth-order valence-electron chi connectivity index (χ4n) is 4.32. The minimum Gasteiger partial charge on any atom is -0.373 e. The number of aromatic amines is 1. The summed E-state index contributed by atoms with van der Waals surface area (Å²) in [7, 11) is 6.05. The lowest BCUT2D eigenvalue weighted by atomic mass is 9.84. The maximum Gasteiger partial charge on any atom is 0.142 e. The summed E-state index contributed by atoms with van der Waals surface area (Å²) in [5.74, 6) is 1.94. The van der Waals surface area contributed by atoms with Gasteiger partial charge in [0.2, 0.25) is 0 Å². The van der Waals surface area contributed by atoms with Crippen LogP contribution < -0.4 is 10.2 Å². The molecule has 0 bridgehead atoms. The Morgan fingerprint density at radius 2 is 1.71 bits per heavy atom. The zero-order chi connectivity index (χ0) is 22.6. The number of H-pyrrole nitrogens is 1.